The Labute approximate surface area is 124 Å². The topological polar surface area (TPSA) is 83.8 Å². The van der Waals surface area contributed by atoms with Gasteiger partial charge in [0.05, 0.1) is 22.7 Å². The minimum Gasteiger partial charge on any atom is -0.507 e. The van der Waals surface area contributed by atoms with Gasteiger partial charge >= 0.3 is 0 Å². The second-order valence-corrected chi connectivity index (χ2v) is 5.18. The molecule has 4 aromatic rings. The minimum absolute atomic E-state index is 0.0643. The van der Waals surface area contributed by atoms with Crippen molar-refractivity contribution >= 4 is 21.9 Å². The van der Waals surface area contributed by atoms with Crippen LogP contribution in [0.2, 0.25) is 0 Å². The molecule has 6 heteroatoms. The van der Waals surface area contributed by atoms with Crippen molar-refractivity contribution in [2.75, 3.05) is 0 Å². The highest BCUT2D eigenvalue weighted by atomic mass is 16.3. The summed E-state index contributed by atoms with van der Waals surface area (Å²) in [4.78, 5) is 24.0. The first-order valence-corrected chi connectivity index (χ1v) is 6.79. The monoisotopic (exact) mass is 292 g/mol. The maximum Gasteiger partial charge on any atom is 0.261 e. The van der Waals surface area contributed by atoms with Crippen LogP contribution in [0.5, 0.6) is 5.75 Å². The molecule has 0 radical (unpaired) electrons. The van der Waals surface area contributed by atoms with E-state index in [1.165, 1.54) is 16.8 Å². The van der Waals surface area contributed by atoms with Gasteiger partial charge in [-0.05, 0) is 30.7 Å². The molecule has 3 heterocycles. The summed E-state index contributed by atoms with van der Waals surface area (Å²) in [5, 5.41) is 10.5. The highest BCUT2D eigenvalue weighted by molar-refractivity contribution is 5.86. The molecule has 0 aliphatic heterocycles. The number of nitrogens with zero attached hydrogens (tertiary/aromatic N) is 3. The number of aromatic nitrogens is 4. The summed E-state index contributed by atoms with van der Waals surface area (Å²) in [6, 6.07) is 8.68. The lowest BCUT2D eigenvalue weighted by atomic mass is 10.2. The van der Waals surface area contributed by atoms with Crippen LogP contribution >= 0.6 is 0 Å². The molecule has 0 saturated heterocycles. The third-order valence-corrected chi connectivity index (χ3v) is 3.63. The molecule has 108 valence electrons. The standard InChI is InChI=1S/C16H12N4O2/c1-9-2-3-11-12(6-9)19-16(18-11)20-13-8-17-5-4-10(13)14(21)7-15(20)22/h2-8,21H,1H3,(H,18,19). The number of aromatic amines is 1. The molecule has 0 atom stereocenters. The summed E-state index contributed by atoms with van der Waals surface area (Å²) in [6.07, 6.45) is 3.10. The Bertz CT molecular complexity index is 1080. The molecular formula is C16H12N4O2. The largest absolute Gasteiger partial charge is 0.507 e. The first-order valence-electron chi connectivity index (χ1n) is 6.79. The number of benzene rings is 1. The fraction of sp³-hybridized carbons (Fsp3) is 0.0625. The van der Waals surface area contributed by atoms with Crippen LogP contribution in [0.3, 0.4) is 0 Å². The van der Waals surface area contributed by atoms with Gasteiger partial charge in [0.25, 0.3) is 5.56 Å². The Balaban J connectivity index is 2.09. The number of hydrogen-bond donors (Lipinski definition) is 2. The van der Waals surface area contributed by atoms with Crippen molar-refractivity contribution < 1.29 is 5.11 Å². The van der Waals surface area contributed by atoms with E-state index in [1.54, 1.807) is 12.3 Å². The molecule has 0 aliphatic rings. The molecule has 0 unspecified atom stereocenters. The van der Waals surface area contributed by atoms with E-state index in [4.69, 9.17) is 0 Å². The van der Waals surface area contributed by atoms with Gasteiger partial charge in [-0.15, -0.1) is 0 Å². The van der Waals surface area contributed by atoms with E-state index < -0.39 is 0 Å². The molecule has 6 nitrogen and oxygen atoms in total. The van der Waals surface area contributed by atoms with Crippen LogP contribution in [-0.2, 0) is 0 Å². The third kappa shape index (κ3) is 1.77. The third-order valence-electron chi connectivity index (χ3n) is 3.63. The number of aromatic hydroxyl groups is 1. The molecular weight excluding hydrogens is 280 g/mol. The van der Waals surface area contributed by atoms with Gasteiger partial charge in [0, 0.05) is 17.6 Å². The molecule has 2 N–H and O–H groups in total. The van der Waals surface area contributed by atoms with Crippen molar-refractivity contribution in [3.05, 3.63) is 58.6 Å². The van der Waals surface area contributed by atoms with Crippen molar-refractivity contribution in [2.45, 2.75) is 6.92 Å². The maximum absolute atomic E-state index is 12.3. The number of imidazole rings is 1. The highest BCUT2D eigenvalue weighted by Gasteiger charge is 2.13. The van der Waals surface area contributed by atoms with E-state index in [9.17, 15) is 9.90 Å². The Hall–Kier alpha value is -3.15. The van der Waals surface area contributed by atoms with Crippen LogP contribution < -0.4 is 5.56 Å². The van der Waals surface area contributed by atoms with Crippen LogP contribution in [0, 0.1) is 6.92 Å². The van der Waals surface area contributed by atoms with Gasteiger partial charge in [-0.2, -0.15) is 0 Å². The average molecular weight is 292 g/mol. The van der Waals surface area contributed by atoms with Crippen molar-refractivity contribution in [2.24, 2.45) is 0 Å². The second-order valence-electron chi connectivity index (χ2n) is 5.18. The average Bonchev–Trinajstić information content (AvgIpc) is 2.89. The van der Waals surface area contributed by atoms with Crippen LogP contribution in [0.1, 0.15) is 5.56 Å². The Morgan fingerprint density at radius 3 is 2.95 bits per heavy atom. The number of H-pyrrole nitrogens is 1. The number of pyridine rings is 2. The second kappa shape index (κ2) is 4.42. The molecule has 22 heavy (non-hydrogen) atoms. The van der Waals surface area contributed by atoms with E-state index in [0.717, 1.165) is 16.6 Å². The summed E-state index contributed by atoms with van der Waals surface area (Å²) in [5.74, 6) is 0.342. The van der Waals surface area contributed by atoms with Gasteiger partial charge in [0.1, 0.15) is 5.75 Å². The van der Waals surface area contributed by atoms with Gasteiger partial charge in [-0.25, -0.2) is 9.55 Å². The van der Waals surface area contributed by atoms with Crippen molar-refractivity contribution in [3.63, 3.8) is 0 Å². The highest BCUT2D eigenvalue weighted by Crippen LogP contribution is 2.23. The summed E-state index contributed by atoms with van der Waals surface area (Å²) >= 11 is 0. The van der Waals surface area contributed by atoms with Crippen LogP contribution in [-0.4, -0.2) is 24.6 Å². The quantitative estimate of drug-likeness (QED) is 0.563. The van der Waals surface area contributed by atoms with Crippen LogP contribution in [0.15, 0.2) is 47.5 Å². The first-order chi connectivity index (χ1) is 10.6. The normalized spacial score (nSPS) is 11.3. The van der Waals surface area contributed by atoms with Crippen LogP contribution in [0.25, 0.3) is 27.9 Å². The van der Waals surface area contributed by atoms with Gasteiger partial charge in [-0.3, -0.25) is 9.78 Å². The Kier molecular flexibility index (Phi) is 2.53. The molecule has 0 amide bonds. The van der Waals surface area contributed by atoms with Gasteiger partial charge in [0.15, 0.2) is 0 Å². The van der Waals surface area contributed by atoms with Crippen molar-refractivity contribution in [3.8, 4) is 11.7 Å². The molecule has 0 aliphatic carbocycles. The lowest BCUT2D eigenvalue weighted by Gasteiger charge is -2.07. The summed E-state index contributed by atoms with van der Waals surface area (Å²) < 4.78 is 1.41. The number of hydrogen-bond acceptors (Lipinski definition) is 4. The van der Waals surface area contributed by atoms with E-state index >= 15 is 0 Å². The molecule has 0 fully saturated rings. The van der Waals surface area contributed by atoms with Crippen LogP contribution in [0.4, 0.5) is 0 Å². The molecule has 0 saturated carbocycles. The summed E-state index contributed by atoms with van der Waals surface area (Å²) in [5.41, 5.74) is 2.87. The SMILES string of the molecule is Cc1ccc2nc(-n3c(=O)cc(O)c4ccncc43)[nH]c2c1. The summed E-state index contributed by atoms with van der Waals surface area (Å²) in [7, 11) is 0. The number of rotatable bonds is 1. The first kappa shape index (κ1) is 12.6. The molecule has 1 aromatic carbocycles. The Morgan fingerprint density at radius 2 is 2.09 bits per heavy atom. The zero-order valence-corrected chi connectivity index (χ0v) is 11.7. The predicted molar refractivity (Wildman–Crippen MR) is 83.4 cm³/mol. The summed E-state index contributed by atoms with van der Waals surface area (Å²) in [6.45, 7) is 1.99. The molecule has 4 rings (SSSR count). The minimum atomic E-state index is -0.367. The predicted octanol–water partition coefficient (Wildman–Crippen LogP) is 2.28. The number of aryl methyl sites for hydroxylation is 1. The fourth-order valence-corrected chi connectivity index (χ4v) is 2.59. The van der Waals surface area contributed by atoms with Gasteiger partial charge in [0.2, 0.25) is 5.95 Å². The smallest absolute Gasteiger partial charge is 0.261 e. The lowest BCUT2D eigenvalue weighted by Crippen LogP contribution is -2.18. The molecule has 3 aromatic heterocycles. The number of nitrogens with one attached hydrogen (secondary N) is 1. The van der Waals surface area contributed by atoms with E-state index in [2.05, 4.69) is 15.0 Å². The fourth-order valence-electron chi connectivity index (χ4n) is 2.59. The van der Waals surface area contributed by atoms with Gasteiger partial charge < -0.3 is 10.1 Å². The molecule has 0 bridgehead atoms. The van der Waals surface area contributed by atoms with Crippen molar-refractivity contribution in [1.82, 2.24) is 19.5 Å². The lowest BCUT2D eigenvalue weighted by molar-refractivity contribution is 0.480. The van der Waals surface area contributed by atoms with Crippen molar-refractivity contribution in [1.29, 1.82) is 0 Å². The van der Waals surface area contributed by atoms with E-state index in [1.807, 2.05) is 25.1 Å². The van der Waals surface area contributed by atoms with Gasteiger partial charge in [-0.1, -0.05) is 6.07 Å². The Morgan fingerprint density at radius 1 is 1.23 bits per heavy atom. The van der Waals surface area contributed by atoms with E-state index in [-0.39, 0.29) is 11.3 Å². The maximum atomic E-state index is 12.3. The van der Waals surface area contributed by atoms with E-state index in [0.29, 0.717) is 16.9 Å². The zero-order valence-electron chi connectivity index (χ0n) is 11.7. The number of fused-ring (bicyclic) bond motifs is 2. The zero-order chi connectivity index (χ0) is 15.3. The molecule has 0 spiro atoms.